The van der Waals surface area contributed by atoms with Crippen molar-refractivity contribution in [3.05, 3.63) is 33.8 Å². The lowest BCUT2D eigenvalue weighted by Gasteiger charge is -2.44. The molecule has 2 rings (SSSR count). The number of benzene rings is 1. The van der Waals surface area contributed by atoms with E-state index in [1.54, 1.807) is 0 Å². The second-order valence-electron chi connectivity index (χ2n) is 5.47. The second kappa shape index (κ2) is 6.45. The van der Waals surface area contributed by atoms with E-state index in [-0.39, 0.29) is 0 Å². The standard InChI is InChI=1S/C15H22Cl2N2/c1-10-4-3-5-13(9-18)19(10)11(2)12-6-7-14(16)15(17)8-12/h6-8,10-11,13H,3-5,9,18H2,1-2H3. The predicted octanol–water partition coefficient (Wildman–Crippen LogP) is 4.26. The van der Waals surface area contributed by atoms with Crippen LogP contribution in [0.15, 0.2) is 18.2 Å². The van der Waals surface area contributed by atoms with Crippen molar-refractivity contribution in [2.45, 2.75) is 51.2 Å². The molecule has 0 amide bonds. The summed E-state index contributed by atoms with van der Waals surface area (Å²) < 4.78 is 0. The normalized spacial score (nSPS) is 26.4. The minimum Gasteiger partial charge on any atom is -0.329 e. The molecule has 3 atom stereocenters. The minimum atomic E-state index is 0.318. The smallest absolute Gasteiger partial charge is 0.0595 e. The van der Waals surface area contributed by atoms with Gasteiger partial charge in [-0.15, -0.1) is 0 Å². The van der Waals surface area contributed by atoms with Gasteiger partial charge in [0.1, 0.15) is 0 Å². The molecule has 1 aliphatic heterocycles. The summed E-state index contributed by atoms with van der Waals surface area (Å²) in [5.41, 5.74) is 7.15. The van der Waals surface area contributed by atoms with Gasteiger partial charge in [0.25, 0.3) is 0 Å². The van der Waals surface area contributed by atoms with E-state index in [1.807, 2.05) is 12.1 Å². The fourth-order valence-electron chi connectivity index (χ4n) is 3.19. The van der Waals surface area contributed by atoms with Crippen LogP contribution in [0.5, 0.6) is 0 Å². The van der Waals surface area contributed by atoms with Crippen LogP contribution in [0, 0.1) is 0 Å². The SMILES string of the molecule is CC1CCCC(CN)N1C(C)c1ccc(Cl)c(Cl)c1. The molecule has 0 aromatic heterocycles. The Balaban J connectivity index is 2.24. The Morgan fingerprint density at radius 2 is 2.05 bits per heavy atom. The van der Waals surface area contributed by atoms with E-state index in [0.29, 0.717) is 28.2 Å². The largest absolute Gasteiger partial charge is 0.329 e. The molecule has 1 heterocycles. The van der Waals surface area contributed by atoms with E-state index in [9.17, 15) is 0 Å². The number of piperidine rings is 1. The molecule has 0 radical (unpaired) electrons. The average molecular weight is 301 g/mol. The highest BCUT2D eigenvalue weighted by molar-refractivity contribution is 6.42. The third kappa shape index (κ3) is 3.25. The van der Waals surface area contributed by atoms with Gasteiger partial charge in [0.2, 0.25) is 0 Å². The molecule has 106 valence electrons. The number of likely N-dealkylation sites (tertiary alicyclic amines) is 1. The summed E-state index contributed by atoms with van der Waals surface area (Å²) in [5, 5.41) is 1.24. The maximum Gasteiger partial charge on any atom is 0.0595 e. The van der Waals surface area contributed by atoms with Gasteiger partial charge in [0, 0.05) is 24.7 Å². The summed E-state index contributed by atoms with van der Waals surface area (Å²) in [6.07, 6.45) is 3.70. The average Bonchev–Trinajstić information content (AvgIpc) is 2.40. The van der Waals surface area contributed by atoms with Crippen LogP contribution < -0.4 is 5.73 Å². The third-order valence-corrected chi connectivity index (χ3v) is 4.97. The first-order chi connectivity index (χ1) is 9.04. The van der Waals surface area contributed by atoms with Crippen molar-refractivity contribution in [2.24, 2.45) is 5.73 Å². The summed E-state index contributed by atoms with van der Waals surface area (Å²) >= 11 is 12.1. The lowest BCUT2D eigenvalue weighted by molar-refractivity contribution is 0.0570. The van der Waals surface area contributed by atoms with E-state index < -0.39 is 0 Å². The number of nitrogens with two attached hydrogens (primary N) is 1. The number of nitrogens with zero attached hydrogens (tertiary/aromatic N) is 1. The number of halogens is 2. The Morgan fingerprint density at radius 3 is 2.68 bits per heavy atom. The molecule has 0 spiro atoms. The van der Waals surface area contributed by atoms with Gasteiger partial charge in [-0.2, -0.15) is 0 Å². The third-order valence-electron chi connectivity index (χ3n) is 4.24. The molecule has 1 aromatic rings. The summed E-state index contributed by atoms with van der Waals surface area (Å²) in [7, 11) is 0. The first-order valence-electron chi connectivity index (χ1n) is 6.97. The minimum absolute atomic E-state index is 0.318. The number of hydrogen-bond donors (Lipinski definition) is 1. The van der Waals surface area contributed by atoms with Gasteiger partial charge < -0.3 is 5.73 Å². The molecular formula is C15H22Cl2N2. The second-order valence-corrected chi connectivity index (χ2v) is 6.28. The molecule has 0 saturated carbocycles. The molecule has 1 aromatic carbocycles. The topological polar surface area (TPSA) is 29.3 Å². The predicted molar refractivity (Wildman–Crippen MR) is 82.9 cm³/mol. The highest BCUT2D eigenvalue weighted by Crippen LogP contribution is 2.34. The van der Waals surface area contributed by atoms with Crippen LogP contribution in [-0.4, -0.2) is 23.5 Å². The van der Waals surface area contributed by atoms with Crippen molar-refractivity contribution in [3.63, 3.8) is 0 Å². The molecule has 19 heavy (non-hydrogen) atoms. The Bertz CT molecular complexity index is 436. The molecule has 3 unspecified atom stereocenters. The maximum absolute atomic E-state index is 6.13. The highest BCUT2D eigenvalue weighted by atomic mass is 35.5. The van der Waals surface area contributed by atoms with Crippen molar-refractivity contribution in [3.8, 4) is 0 Å². The molecule has 1 aliphatic rings. The quantitative estimate of drug-likeness (QED) is 0.904. The highest BCUT2D eigenvalue weighted by Gasteiger charge is 2.31. The Morgan fingerprint density at radius 1 is 1.32 bits per heavy atom. The summed E-state index contributed by atoms with van der Waals surface area (Å²) in [6.45, 7) is 5.23. The summed E-state index contributed by atoms with van der Waals surface area (Å²) in [6, 6.07) is 7.26. The van der Waals surface area contributed by atoms with Crippen molar-refractivity contribution < 1.29 is 0 Å². The van der Waals surface area contributed by atoms with Crippen LogP contribution in [0.2, 0.25) is 10.0 Å². The van der Waals surface area contributed by atoms with Crippen LogP contribution in [-0.2, 0) is 0 Å². The number of hydrogen-bond acceptors (Lipinski definition) is 2. The first kappa shape index (κ1) is 15.1. The Hall–Kier alpha value is -0.280. The van der Waals surface area contributed by atoms with E-state index in [4.69, 9.17) is 28.9 Å². The van der Waals surface area contributed by atoms with E-state index in [2.05, 4.69) is 24.8 Å². The van der Waals surface area contributed by atoms with Crippen molar-refractivity contribution in [1.29, 1.82) is 0 Å². The fourth-order valence-corrected chi connectivity index (χ4v) is 3.50. The fraction of sp³-hybridized carbons (Fsp3) is 0.600. The lowest BCUT2D eigenvalue weighted by Crippen LogP contribution is -2.49. The molecule has 2 N–H and O–H groups in total. The van der Waals surface area contributed by atoms with Gasteiger partial charge in [-0.25, -0.2) is 0 Å². The Kier molecular flexibility index (Phi) is 5.13. The van der Waals surface area contributed by atoms with Crippen LogP contribution >= 0.6 is 23.2 Å². The Labute approximate surface area is 125 Å². The van der Waals surface area contributed by atoms with Crippen molar-refractivity contribution >= 4 is 23.2 Å². The molecule has 1 fully saturated rings. The van der Waals surface area contributed by atoms with Crippen molar-refractivity contribution in [1.82, 2.24) is 4.90 Å². The van der Waals surface area contributed by atoms with Crippen LogP contribution in [0.1, 0.15) is 44.7 Å². The number of rotatable bonds is 3. The van der Waals surface area contributed by atoms with Crippen molar-refractivity contribution in [2.75, 3.05) is 6.54 Å². The monoisotopic (exact) mass is 300 g/mol. The lowest BCUT2D eigenvalue weighted by atomic mass is 9.92. The van der Waals surface area contributed by atoms with Gasteiger partial charge in [0.15, 0.2) is 0 Å². The van der Waals surface area contributed by atoms with Gasteiger partial charge in [-0.05, 0) is 44.4 Å². The van der Waals surface area contributed by atoms with E-state index in [1.165, 1.54) is 24.8 Å². The zero-order chi connectivity index (χ0) is 14.0. The molecular weight excluding hydrogens is 279 g/mol. The summed E-state index contributed by atoms with van der Waals surface area (Å²) in [4.78, 5) is 2.53. The van der Waals surface area contributed by atoms with Gasteiger partial charge in [-0.1, -0.05) is 35.7 Å². The zero-order valence-corrected chi connectivity index (χ0v) is 13.1. The van der Waals surface area contributed by atoms with Gasteiger partial charge in [-0.3, -0.25) is 4.90 Å². The molecule has 2 nitrogen and oxygen atoms in total. The molecule has 0 bridgehead atoms. The van der Waals surface area contributed by atoms with E-state index >= 15 is 0 Å². The van der Waals surface area contributed by atoms with Crippen LogP contribution in [0.4, 0.5) is 0 Å². The summed E-state index contributed by atoms with van der Waals surface area (Å²) in [5.74, 6) is 0. The van der Waals surface area contributed by atoms with Gasteiger partial charge in [0.05, 0.1) is 10.0 Å². The van der Waals surface area contributed by atoms with Crippen LogP contribution in [0.3, 0.4) is 0 Å². The molecule has 4 heteroatoms. The first-order valence-corrected chi connectivity index (χ1v) is 7.72. The molecule has 0 aliphatic carbocycles. The maximum atomic E-state index is 6.13. The van der Waals surface area contributed by atoms with Crippen LogP contribution in [0.25, 0.3) is 0 Å². The molecule has 1 saturated heterocycles. The van der Waals surface area contributed by atoms with Gasteiger partial charge >= 0.3 is 0 Å². The zero-order valence-electron chi connectivity index (χ0n) is 11.6. The van der Waals surface area contributed by atoms with E-state index in [0.717, 1.165) is 6.54 Å².